The van der Waals surface area contributed by atoms with Gasteiger partial charge in [-0.05, 0) is 5.56 Å². The summed E-state index contributed by atoms with van der Waals surface area (Å²) in [6.45, 7) is 5.71. The smallest absolute Gasteiger partial charge is 0.0234 e. The second-order valence-corrected chi connectivity index (χ2v) is 3.51. The largest absolute Gasteiger partial charge is 0.314 e. The molecule has 0 unspecified atom stereocenters. The van der Waals surface area contributed by atoms with Crippen molar-refractivity contribution < 1.29 is 0 Å². The van der Waals surface area contributed by atoms with Crippen LogP contribution < -0.4 is 5.32 Å². The van der Waals surface area contributed by atoms with Gasteiger partial charge in [0.1, 0.15) is 0 Å². The quantitative estimate of drug-likeness (QED) is 0.890. The van der Waals surface area contributed by atoms with Gasteiger partial charge in [0.25, 0.3) is 0 Å². The maximum Gasteiger partial charge on any atom is 0.0234 e. The van der Waals surface area contributed by atoms with Crippen LogP contribution in [0.1, 0.15) is 5.56 Å². The molecule has 1 N–H and O–H groups in total. The van der Waals surface area contributed by atoms with Crippen molar-refractivity contribution in [1.82, 2.24) is 10.2 Å². The highest BCUT2D eigenvalue weighted by molar-refractivity contribution is 8.93. The molecule has 2 rings (SSSR count). The molecule has 0 radical (unpaired) electrons. The Morgan fingerprint density at radius 3 is 2.20 bits per heavy atom. The number of nitrogens with one attached hydrogen (secondary N) is 1. The van der Waals surface area contributed by atoms with Gasteiger partial charge in [0.05, 0.1) is 0 Å². The fourth-order valence-corrected chi connectivity index (χ4v) is 1.71. The van der Waals surface area contributed by atoms with Crippen LogP contribution in [0.25, 0.3) is 0 Å². The maximum atomic E-state index is 3.36. The summed E-state index contributed by atoms with van der Waals surface area (Å²) in [7, 11) is 0. The van der Waals surface area contributed by atoms with Crippen molar-refractivity contribution in [1.29, 1.82) is 0 Å². The molecule has 15 heavy (non-hydrogen) atoms. The molecule has 86 valence electrons. The zero-order chi connectivity index (χ0) is 8.93. The highest BCUT2D eigenvalue weighted by Gasteiger charge is 2.08. The van der Waals surface area contributed by atoms with E-state index < -0.39 is 0 Å². The van der Waals surface area contributed by atoms with Crippen molar-refractivity contribution in [2.45, 2.75) is 6.54 Å². The third kappa shape index (κ3) is 5.11. The highest BCUT2D eigenvalue weighted by atomic mass is 79.9. The van der Waals surface area contributed by atoms with Crippen LogP contribution in [0.4, 0.5) is 0 Å². The lowest BCUT2D eigenvalue weighted by atomic mass is 10.2. The van der Waals surface area contributed by atoms with E-state index in [4.69, 9.17) is 0 Å². The molecule has 0 spiro atoms. The Morgan fingerprint density at radius 2 is 1.60 bits per heavy atom. The number of piperazine rings is 1. The van der Waals surface area contributed by atoms with E-state index in [0.717, 1.165) is 19.6 Å². The number of rotatable bonds is 2. The molecule has 0 atom stereocenters. The number of hydrogen-bond acceptors (Lipinski definition) is 2. The van der Waals surface area contributed by atoms with Crippen molar-refractivity contribution in [3.05, 3.63) is 35.9 Å². The Labute approximate surface area is 113 Å². The fraction of sp³-hybridized carbons (Fsp3) is 0.455. The van der Waals surface area contributed by atoms with E-state index in [-0.39, 0.29) is 34.0 Å². The number of hydrogen-bond donors (Lipinski definition) is 1. The molecule has 1 fully saturated rings. The molecular weight excluding hydrogens is 320 g/mol. The van der Waals surface area contributed by atoms with Gasteiger partial charge >= 0.3 is 0 Å². The zero-order valence-electron chi connectivity index (χ0n) is 8.69. The molecule has 0 saturated carbocycles. The van der Waals surface area contributed by atoms with E-state index >= 15 is 0 Å². The normalized spacial score (nSPS) is 16.3. The molecule has 2 nitrogen and oxygen atoms in total. The average Bonchev–Trinajstić information content (AvgIpc) is 2.21. The zero-order valence-corrected chi connectivity index (χ0v) is 12.1. The van der Waals surface area contributed by atoms with Crippen LogP contribution in [0.2, 0.25) is 0 Å². The molecule has 1 aliphatic heterocycles. The first-order valence-electron chi connectivity index (χ1n) is 4.92. The molecule has 0 aliphatic carbocycles. The minimum atomic E-state index is 0. The summed E-state index contributed by atoms with van der Waals surface area (Å²) < 4.78 is 0. The lowest BCUT2D eigenvalue weighted by molar-refractivity contribution is 0.233. The van der Waals surface area contributed by atoms with Gasteiger partial charge in [-0.15, -0.1) is 34.0 Å². The molecule has 4 heteroatoms. The van der Waals surface area contributed by atoms with Crippen molar-refractivity contribution >= 4 is 34.0 Å². The molecule has 1 aromatic carbocycles. The first-order valence-corrected chi connectivity index (χ1v) is 4.92. The summed E-state index contributed by atoms with van der Waals surface area (Å²) in [5.41, 5.74) is 1.42. The maximum absolute atomic E-state index is 3.36. The minimum absolute atomic E-state index is 0. The van der Waals surface area contributed by atoms with E-state index in [9.17, 15) is 0 Å². The molecule has 1 aliphatic rings. The van der Waals surface area contributed by atoms with Gasteiger partial charge in [-0.25, -0.2) is 0 Å². The molecule has 1 aromatic rings. The van der Waals surface area contributed by atoms with Crippen molar-refractivity contribution in [2.24, 2.45) is 0 Å². The summed E-state index contributed by atoms with van der Waals surface area (Å²) in [6, 6.07) is 10.7. The number of halogens is 2. The number of benzene rings is 1. The van der Waals surface area contributed by atoms with Crippen LogP contribution in [0.15, 0.2) is 30.3 Å². The predicted octanol–water partition coefficient (Wildman–Crippen LogP) is 2.25. The van der Waals surface area contributed by atoms with Crippen molar-refractivity contribution in [3.8, 4) is 0 Å². The van der Waals surface area contributed by atoms with E-state index in [1.807, 2.05) is 0 Å². The minimum Gasteiger partial charge on any atom is -0.314 e. The van der Waals surface area contributed by atoms with Gasteiger partial charge in [-0.1, -0.05) is 30.3 Å². The summed E-state index contributed by atoms with van der Waals surface area (Å²) in [5.74, 6) is 0. The average molecular weight is 338 g/mol. The molecular formula is C11H18Br2N2. The standard InChI is InChI=1S/C11H16N2.2BrH/c1-2-4-11(5-3-1)10-13-8-6-12-7-9-13;;/h1-5,12H,6-10H2;2*1H. The number of nitrogens with zero attached hydrogens (tertiary/aromatic N) is 1. The monoisotopic (exact) mass is 336 g/mol. The second-order valence-electron chi connectivity index (χ2n) is 3.51. The van der Waals surface area contributed by atoms with Gasteiger partial charge < -0.3 is 5.32 Å². The predicted molar refractivity (Wildman–Crippen MR) is 75.2 cm³/mol. The van der Waals surface area contributed by atoms with Gasteiger partial charge in [-0.3, -0.25) is 4.90 Å². The van der Waals surface area contributed by atoms with E-state index in [1.54, 1.807) is 0 Å². The Bertz CT molecular complexity index is 248. The van der Waals surface area contributed by atoms with Crippen LogP contribution in [0.5, 0.6) is 0 Å². The molecule has 1 heterocycles. The fourth-order valence-electron chi connectivity index (χ4n) is 1.71. The van der Waals surface area contributed by atoms with Crippen LogP contribution in [0, 0.1) is 0 Å². The van der Waals surface area contributed by atoms with Crippen molar-refractivity contribution in [2.75, 3.05) is 26.2 Å². The first kappa shape index (κ1) is 15.1. The van der Waals surface area contributed by atoms with Crippen LogP contribution >= 0.6 is 34.0 Å². The Hall–Kier alpha value is 0.100. The van der Waals surface area contributed by atoms with E-state index in [2.05, 4.69) is 40.5 Å². The molecule has 1 saturated heterocycles. The van der Waals surface area contributed by atoms with Crippen LogP contribution in [-0.4, -0.2) is 31.1 Å². The van der Waals surface area contributed by atoms with Gasteiger partial charge in [0.15, 0.2) is 0 Å². The second kappa shape index (κ2) is 8.28. The highest BCUT2D eigenvalue weighted by Crippen LogP contribution is 2.04. The summed E-state index contributed by atoms with van der Waals surface area (Å²) in [5, 5.41) is 3.36. The lowest BCUT2D eigenvalue weighted by Gasteiger charge is -2.27. The van der Waals surface area contributed by atoms with Crippen molar-refractivity contribution in [3.63, 3.8) is 0 Å². The third-order valence-corrected chi connectivity index (χ3v) is 2.46. The third-order valence-electron chi connectivity index (χ3n) is 2.46. The lowest BCUT2D eigenvalue weighted by Crippen LogP contribution is -2.42. The Kier molecular flexibility index (Phi) is 8.33. The Morgan fingerprint density at radius 1 is 1.00 bits per heavy atom. The summed E-state index contributed by atoms with van der Waals surface area (Å²) in [6.07, 6.45) is 0. The van der Waals surface area contributed by atoms with Gasteiger partial charge in [0.2, 0.25) is 0 Å². The molecule has 0 amide bonds. The van der Waals surface area contributed by atoms with Gasteiger partial charge in [0, 0.05) is 32.7 Å². The Balaban J connectivity index is 0.000000980. The first-order chi connectivity index (χ1) is 6.45. The van der Waals surface area contributed by atoms with Crippen LogP contribution in [-0.2, 0) is 6.54 Å². The summed E-state index contributed by atoms with van der Waals surface area (Å²) >= 11 is 0. The molecule has 0 aromatic heterocycles. The van der Waals surface area contributed by atoms with Gasteiger partial charge in [-0.2, -0.15) is 0 Å². The SMILES string of the molecule is Br.Br.c1ccc(CN2CCNCC2)cc1. The van der Waals surface area contributed by atoms with E-state index in [0.29, 0.717) is 0 Å². The topological polar surface area (TPSA) is 15.3 Å². The van der Waals surface area contributed by atoms with E-state index in [1.165, 1.54) is 18.7 Å². The summed E-state index contributed by atoms with van der Waals surface area (Å²) in [4.78, 5) is 2.49. The van der Waals surface area contributed by atoms with Crippen LogP contribution in [0.3, 0.4) is 0 Å². The molecule has 0 bridgehead atoms.